The summed E-state index contributed by atoms with van der Waals surface area (Å²) in [6, 6.07) is 10.9. The van der Waals surface area contributed by atoms with E-state index in [1.54, 1.807) is 0 Å². The number of para-hydroxylation sites is 2. The van der Waals surface area contributed by atoms with Crippen molar-refractivity contribution in [1.29, 1.82) is 0 Å². The lowest BCUT2D eigenvalue weighted by atomic mass is 10.0. The number of imidazole rings is 1. The molecule has 2 aromatic heterocycles. The van der Waals surface area contributed by atoms with Crippen molar-refractivity contribution in [3.63, 3.8) is 0 Å². The number of hydrogen-bond donors (Lipinski definition) is 0. The summed E-state index contributed by atoms with van der Waals surface area (Å²) in [6.07, 6.45) is -1.83. The van der Waals surface area contributed by atoms with Crippen LogP contribution in [0.4, 0.5) is 19.0 Å². The van der Waals surface area contributed by atoms with Gasteiger partial charge in [-0.15, -0.1) is 10.2 Å². The van der Waals surface area contributed by atoms with E-state index in [2.05, 4.69) is 27.8 Å². The van der Waals surface area contributed by atoms with E-state index in [1.165, 1.54) is 6.07 Å². The highest BCUT2D eigenvalue weighted by Gasteiger charge is 2.33. The van der Waals surface area contributed by atoms with E-state index in [-0.39, 0.29) is 0 Å². The Bertz CT molecular complexity index is 925. The second kappa shape index (κ2) is 6.83. The van der Waals surface area contributed by atoms with Crippen LogP contribution in [0.25, 0.3) is 11.0 Å². The van der Waals surface area contributed by atoms with Gasteiger partial charge in [-0.2, -0.15) is 13.2 Å². The molecule has 3 aromatic rings. The Labute approximate surface area is 154 Å². The van der Waals surface area contributed by atoms with Crippen LogP contribution in [0.1, 0.15) is 37.3 Å². The highest BCUT2D eigenvalue weighted by atomic mass is 19.4. The van der Waals surface area contributed by atoms with E-state index in [0.717, 1.165) is 55.3 Å². The van der Waals surface area contributed by atoms with E-state index >= 15 is 0 Å². The molecule has 1 aliphatic heterocycles. The quantitative estimate of drug-likeness (QED) is 0.687. The number of halogens is 3. The van der Waals surface area contributed by atoms with Gasteiger partial charge in [0.15, 0.2) is 11.5 Å². The van der Waals surface area contributed by atoms with Crippen LogP contribution in [0, 0.1) is 0 Å². The predicted octanol–water partition coefficient (Wildman–Crippen LogP) is 4.25. The third-order valence-electron chi connectivity index (χ3n) is 5.08. The molecule has 8 heteroatoms. The SMILES string of the molecule is CCc1nc2ccccc2n1C1CCN(c2ccc(C(F)(F)F)nn2)CC1. The van der Waals surface area contributed by atoms with Crippen molar-refractivity contribution in [2.75, 3.05) is 18.0 Å². The number of fused-ring (bicyclic) bond motifs is 1. The number of alkyl halides is 3. The van der Waals surface area contributed by atoms with Crippen LogP contribution in [0.2, 0.25) is 0 Å². The van der Waals surface area contributed by atoms with Gasteiger partial charge in [0.2, 0.25) is 0 Å². The van der Waals surface area contributed by atoms with E-state index < -0.39 is 11.9 Å². The average molecular weight is 375 g/mol. The van der Waals surface area contributed by atoms with Crippen molar-refractivity contribution < 1.29 is 13.2 Å². The molecule has 1 saturated heterocycles. The summed E-state index contributed by atoms with van der Waals surface area (Å²) in [6.45, 7) is 3.55. The van der Waals surface area contributed by atoms with Crippen LogP contribution >= 0.6 is 0 Å². The topological polar surface area (TPSA) is 46.8 Å². The molecule has 0 N–H and O–H groups in total. The Morgan fingerprint density at radius 1 is 1.04 bits per heavy atom. The Morgan fingerprint density at radius 2 is 1.78 bits per heavy atom. The number of piperidine rings is 1. The lowest BCUT2D eigenvalue weighted by Gasteiger charge is -2.34. The van der Waals surface area contributed by atoms with Gasteiger partial charge in [-0.25, -0.2) is 4.98 Å². The number of rotatable bonds is 3. The largest absolute Gasteiger partial charge is 0.435 e. The van der Waals surface area contributed by atoms with Gasteiger partial charge in [0.05, 0.1) is 11.0 Å². The first kappa shape index (κ1) is 17.8. The Morgan fingerprint density at radius 3 is 2.41 bits per heavy atom. The van der Waals surface area contributed by atoms with E-state index in [0.29, 0.717) is 11.9 Å². The van der Waals surface area contributed by atoms with E-state index in [1.807, 2.05) is 23.1 Å². The van der Waals surface area contributed by atoms with Crippen LogP contribution in [-0.2, 0) is 12.6 Å². The smallest absolute Gasteiger partial charge is 0.355 e. The van der Waals surface area contributed by atoms with Crippen LogP contribution in [-0.4, -0.2) is 32.8 Å². The first-order chi connectivity index (χ1) is 13.0. The summed E-state index contributed by atoms with van der Waals surface area (Å²) in [5.41, 5.74) is 1.19. The Balaban J connectivity index is 1.51. The molecule has 0 spiro atoms. The standard InChI is InChI=1S/C19H20F3N5/c1-2-17-23-14-5-3-4-6-15(14)27(17)13-9-11-26(12-10-13)18-8-7-16(24-25-18)19(20,21)22/h3-8,13H,2,9-12H2,1H3. The highest BCUT2D eigenvalue weighted by Crippen LogP contribution is 2.31. The zero-order chi connectivity index (χ0) is 19.0. The third-order valence-corrected chi connectivity index (χ3v) is 5.08. The van der Waals surface area contributed by atoms with Crippen molar-refractivity contribution in [2.24, 2.45) is 0 Å². The molecule has 0 aliphatic carbocycles. The maximum Gasteiger partial charge on any atom is 0.435 e. The van der Waals surface area contributed by atoms with Crippen LogP contribution in [0.5, 0.6) is 0 Å². The maximum absolute atomic E-state index is 12.6. The first-order valence-corrected chi connectivity index (χ1v) is 9.09. The summed E-state index contributed by atoms with van der Waals surface area (Å²) in [5.74, 6) is 1.57. The summed E-state index contributed by atoms with van der Waals surface area (Å²) < 4.78 is 40.3. The zero-order valence-corrected chi connectivity index (χ0v) is 14.9. The van der Waals surface area contributed by atoms with Crippen molar-refractivity contribution in [1.82, 2.24) is 19.7 Å². The first-order valence-electron chi connectivity index (χ1n) is 9.09. The van der Waals surface area contributed by atoms with Crippen LogP contribution in [0.3, 0.4) is 0 Å². The minimum atomic E-state index is -4.46. The van der Waals surface area contributed by atoms with Gasteiger partial charge in [-0.1, -0.05) is 19.1 Å². The van der Waals surface area contributed by atoms with Crippen molar-refractivity contribution >= 4 is 16.9 Å². The third kappa shape index (κ3) is 3.36. The molecule has 0 bridgehead atoms. The molecule has 142 valence electrons. The molecular weight excluding hydrogens is 355 g/mol. The van der Waals surface area contributed by atoms with Crippen molar-refractivity contribution in [3.8, 4) is 0 Å². The number of aryl methyl sites for hydroxylation is 1. The summed E-state index contributed by atoms with van der Waals surface area (Å²) in [4.78, 5) is 6.73. The van der Waals surface area contributed by atoms with E-state index in [9.17, 15) is 13.2 Å². The predicted molar refractivity (Wildman–Crippen MR) is 96.6 cm³/mol. The van der Waals surface area contributed by atoms with E-state index in [4.69, 9.17) is 4.98 Å². The van der Waals surface area contributed by atoms with Gasteiger partial charge >= 0.3 is 6.18 Å². The van der Waals surface area contributed by atoms with Gasteiger partial charge in [0.1, 0.15) is 5.82 Å². The lowest BCUT2D eigenvalue weighted by Crippen LogP contribution is -2.35. The number of anilines is 1. The van der Waals surface area contributed by atoms with Gasteiger partial charge in [-0.05, 0) is 37.1 Å². The number of aromatic nitrogens is 4. The molecular formula is C19H20F3N5. The molecule has 4 rings (SSSR count). The van der Waals surface area contributed by atoms with Gasteiger partial charge in [0, 0.05) is 25.6 Å². The zero-order valence-electron chi connectivity index (χ0n) is 14.9. The molecule has 27 heavy (non-hydrogen) atoms. The van der Waals surface area contributed by atoms with Gasteiger partial charge in [0.25, 0.3) is 0 Å². The van der Waals surface area contributed by atoms with Crippen LogP contribution in [0.15, 0.2) is 36.4 Å². The molecule has 1 aromatic carbocycles. The fourth-order valence-corrected chi connectivity index (χ4v) is 3.75. The summed E-state index contributed by atoms with van der Waals surface area (Å²) in [5, 5.41) is 7.11. The summed E-state index contributed by atoms with van der Waals surface area (Å²) in [7, 11) is 0. The second-order valence-corrected chi connectivity index (χ2v) is 6.73. The molecule has 1 aliphatic rings. The molecule has 0 saturated carbocycles. The molecule has 1 fully saturated rings. The minimum Gasteiger partial charge on any atom is -0.355 e. The number of benzene rings is 1. The van der Waals surface area contributed by atoms with Crippen LogP contribution < -0.4 is 4.90 Å². The maximum atomic E-state index is 12.6. The summed E-state index contributed by atoms with van der Waals surface area (Å²) >= 11 is 0. The molecule has 0 amide bonds. The molecule has 0 unspecified atom stereocenters. The number of nitrogens with zero attached hydrogens (tertiary/aromatic N) is 5. The van der Waals surface area contributed by atoms with Crippen molar-refractivity contribution in [3.05, 3.63) is 47.9 Å². The normalized spacial score (nSPS) is 16.2. The lowest BCUT2D eigenvalue weighted by molar-refractivity contribution is -0.141. The monoisotopic (exact) mass is 375 g/mol. The molecule has 5 nitrogen and oxygen atoms in total. The Hall–Kier alpha value is -2.64. The van der Waals surface area contributed by atoms with Crippen molar-refractivity contribution in [2.45, 2.75) is 38.4 Å². The molecule has 0 radical (unpaired) electrons. The highest BCUT2D eigenvalue weighted by molar-refractivity contribution is 5.76. The Kier molecular flexibility index (Phi) is 4.49. The fraction of sp³-hybridized carbons (Fsp3) is 0.421. The second-order valence-electron chi connectivity index (χ2n) is 6.73. The minimum absolute atomic E-state index is 0.325. The fourth-order valence-electron chi connectivity index (χ4n) is 3.75. The van der Waals surface area contributed by atoms with Gasteiger partial charge < -0.3 is 9.47 Å². The van der Waals surface area contributed by atoms with Gasteiger partial charge in [-0.3, -0.25) is 0 Å². The number of hydrogen-bond acceptors (Lipinski definition) is 4. The molecule has 0 atom stereocenters. The average Bonchev–Trinajstić information content (AvgIpc) is 3.06. The molecule has 3 heterocycles.